The molecule has 2 aliphatic rings. The van der Waals surface area contributed by atoms with Gasteiger partial charge in [0.25, 0.3) is 0 Å². The molecule has 0 atom stereocenters. The minimum atomic E-state index is -3.03. The van der Waals surface area contributed by atoms with Gasteiger partial charge in [-0.05, 0) is 45.4 Å². The highest BCUT2D eigenvalue weighted by molar-refractivity contribution is 7.92. The number of nitrogens with zero attached hydrogens (tertiary/aromatic N) is 2. The Morgan fingerprint density at radius 2 is 2.04 bits per heavy atom. The second-order valence-electron chi connectivity index (χ2n) is 7.77. The van der Waals surface area contributed by atoms with E-state index >= 15 is 0 Å². The number of nitrogens with one attached hydrogen (secondary N) is 1. The Balaban J connectivity index is 2.08. The molecule has 1 aliphatic carbocycles. The van der Waals surface area contributed by atoms with Crippen LogP contribution in [0.4, 0.5) is 0 Å². The summed E-state index contributed by atoms with van der Waals surface area (Å²) in [6.45, 7) is 9.03. The summed E-state index contributed by atoms with van der Waals surface area (Å²) in [5.41, 5.74) is 0.272. The zero-order valence-electron chi connectivity index (χ0n) is 15.6. The van der Waals surface area contributed by atoms with E-state index in [1.165, 1.54) is 19.3 Å². The lowest BCUT2D eigenvalue weighted by Crippen LogP contribution is -2.57. The van der Waals surface area contributed by atoms with E-state index in [0.29, 0.717) is 13.1 Å². The van der Waals surface area contributed by atoms with E-state index in [2.05, 4.69) is 10.2 Å². The predicted molar refractivity (Wildman–Crippen MR) is 98.2 cm³/mol. The van der Waals surface area contributed by atoms with E-state index in [-0.39, 0.29) is 11.2 Å². The number of guanidine groups is 1. The molecule has 2 rings (SSSR count). The summed E-state index contributed by atoms with van der Waals surface area (Å²) in [7, 11) is -1.29. The molecule has 140 valence electrons. The van der Waals surface area contributed by atoms with Crippen molar-refractivity contribution in [2.75, 3.05) is 45.6 Å². The van der Waals surface area contributed by atoms with Crippen LogP contribution in [-0.4, -0.2) is 69.7 Å². The molecule has 0 aromatic rings. The number of ether oxygens (including phenoxy) is 1. The smallest absolute Gasteiger partial charge is 0.194 e. The lowest BCUT2D eigenvalue weighted by molar-refractivity contribution is 0.0776. The third-order valence-corrected chi connectivity index (χ3v) is 8.03. The van der Waals surface area contributed by atoms with Gasteiger partial charge in [-0.15, -0.1) is 0 Å². The zero-order chi connectivity index (χ0) is 17.8. The first-order chi connectivity index (χ1) is 11.3. The molecule has 1 aliphatic heterocycles. The van der Waals surface area contributed by atoms with Gasteiger partial charge < -0.3 is 15.0 Å². The summed E-state index contributed by atoms with van der Waals surface area (Å²) in [6.07, 6.45) is 4.73. The van der Waals surface area contributed by atoms with Gasteiger partial charge in [0.2, 0.25) is 0 Å². The number of methoxy groups -OCH3 is 1. The molecule has 0 aromatic heterocycles. The molecule has 0 amide bonds. The molecule has 6 nitrogen and oxygen atoms in total. The largest absolute Gasteiger partial charge is 0.385 e. The summed E-state index contributed by atoms with van der Waals surface area (Å²) >= 11 is 0. The zero-order valence-corrected chi connectivity index (χ0v) is 16.4. The Bertz CT molecular complexity index is 553. The molecule has 1 N–H and O–H groups in total. The first-order valence-electron chi connectivity index (χ1n) is 9.00. The summed E-state index contributed by atoms with van der Waals surface area (Å²) < 4.78 is 29.0. The Labute approximate surface area is 147 Å². The van der Waals surface area contributed by atoms with Crippen molar-refractivity contribution in [3.63, 3.8) is 0 Å². The number of sulfone groups is 1. The Kier molecular flexibility index (Phi) is 6.18. The first-order valence-corrected chi connectivity index (χ1v) is 10.6. The lowest BCUT2D eigenvalue weighted by Gasteiger charge is -2.42. The lowest BCUT2D eigenvalue weighted by atomic mass is 9.67. The van der Waals surface area contributed by atoms with Gasteiger partial charge in [0.1, 0.15) is 0 Å². The van der Waals surface area contributed by atoms with E-state index in [9.17, 15) is 8.42 Å². The minimum absolute atomic E-state index is 0.194. The van der Waals surface area contributed by atoms with Gasteiger partial charge in [-0.1, -0.05) is 6.42 Å². The van der Waals surface area contributed by atoms with Crippen LogP contribution in [0.2, 0.25) is 0 Å². The van der Waals surface area contributed by atoms with Gasteiger partial charge >= 0.3 is 0 Å². The van der Waals surface area contributed by atoms with E-state index < -0.39 is 14.6 Å². The molecule has 7 heteroatoms. The van der Waals surface area contributed by atoms with Crippen LogP contribution < -0.4 is 5.32 Å². The van der Waals surface area contributed by atoms with Crippen molar-refractivity contribution in [1.29, 1.82) is 0 Å². The van der Waals surface area contributed by atoms with E-state index in [1.54, 1.807) is 7.11 Å². The Morgan fingerprint density at radius 3 is 2.54 bits per heavy atom. The predicted octanol–water partition coefficient (Wildman–Crippen LogP) is 1.67. The average Bonchev–Trinajstić information content (AvgIpc) is 2.47. The van der Waals surface area contributed by atoms with Crippen LogP contribution in [0.5, 0.6) is 0 Å². The van der Waals surface area contributed by atoms with Crippen LogP contribution in [0.15, 0.2) is 4.99 Å². The fraction of sp³-hybridized carbons (Fsp3) is 0.941. The average molecular weight is 360 g/mol. The molecular weight excluding hydrogens is 326 g/mol. The van der Waals surface area contributed by atoms with E-state index in [4.69, 9.17) is 9.73 Å². The van der Waals surface area contributed by atoms with Crippen LogP contribution in [-0.2, 0) is 14.6 Å². The quantitative estimate of drug-likeness (QED) is 0.577. The van der Waals surface area contributed by atoms with Gasteiger partial charge in [0, 0.05) is 39.9 Å². The molecule has 0 spiro atoms. The number of rotatable bonds is 6. The molecule has 0 radical (unpaired) electrons. The normalized spacial score (nSPS) is 25.2. The number of hydrogen-bond acceptors (Lipinski definition) is 4. The molecule has 1 saturated carbocycles. The monoisotopic (exact) mass is 359 g/mol. The fourth-order valence-corrected chi connectivity index (χ4v) is 4.84. The van der Waals surface area contributed by atoms with E-state index in [1.807, 2.05) is 20.8 Å². The second-order valence-corrected chi connectivity index (χ2v) is 10.5. The molecule has 24 heavy (non-hydrogen) atoms. The van der Waals surface area contributed by atoms with Crippen LogP contribution in [0, 0.1) is 5.41 Å². The fourth-order valence-electron chi connectivity index (χ4n) is 3.48. The Hall–Kier alpha value is -0.820. The van der Waals surface area contributed by atoms with Gasteiger partial charge in [-0.2, -0.15) is 0 Å². The third-order valence-electron chi connectivity index (χ3n) is 5.49. The van der Waals surface area contributed by atoms with Gasteiger partial charge in [0.15, 0.2) is 15.8 Å². The van der Waals surface area contributed by atoms with Gasteiger partial charge in [-0.3, -0.25) is 4.99 Å². The van der Waals surface area contributed by atoms with Crippen molar-refractivity contribution in [3.8, 4) is 0 Å². The van der Waals surface area contributed by atoms with Crippen molar-refractivity contribution >= 4 is 15.8 Å². The molecule has 0 bridgehead atoms. The number of aliphatic imine (C=N–C) groups is 1. The van der Waals surface area contributed by atoms with Crippen LogP contribution in [0.3, 0.4) is 0 Å². The molecule has 2 fully saturated rings. The molecular formula is C17H33N3O3S. The maximum Gasteiger partial charge on any atom is 0.194 e. The molecule has 1 saturated heterocycles. The standard InChI is InChI=1S/C17H33N3O3S/c1-5-18-15(19-13-17(7-6-8-17)9-11-23-4)20-10-12-24(21,22)16(2,3)14-20/h5-14H2,1-4H3,(H,18,19). The Morgan fingerprint density at radius 1 is 1.33 bits per heavy atom. The van der Waals surface area contributed by atoms with Crippen molar-refractivity contribution in [1.82, 2.24) is 10.2 Å². The maximum atomic E-state index is 12.2. The minimum Gasteiger partial charge on any atom is -0.385 e. The maximum absolute atomic E-state index is 12.2. The summed E-state index contributed by atoms with van der Waals surface area (Å²) in [5, 5.41) is 3.34. The molecule has 0 aromatic carbocycles. The summed E-state index contributed by atoms with van der Waals surface area (Å²) in [6, 6.07) is 0. The van der Waals surface area contributed by atoms with Crippen molar-refractivity contribution in [2.45, 2.75) is 51.2 Å². The van der Waals surface area contributed by atoms with Crippen molar-refractivity contribution < 1.29 is 13.2 Å². The van der Waals surface area contributed by atoms with Gasteiger partial charge in [0.05, 0.1) is 10.5 Å². The van der Waals surface area contributed by atoms with Crippen molar-refractivity contribution in [3.05, 3.63) is 0 Å². The van der Waals surface area contributed by atoms with Crippen molar-refractivity contribution in [2.24, 2.45) is 10.4 Å². The summed E-state index contributed by atoms with van der Waals surface area (Å²) in [4.78, 5) is 6.98. The van der Waals surface area contributed by atoms with Crippen LogP contribution in [0.25, 0.3) is 0 Å². The highest BCUT2D eigenvalue weighted by atomic mass is 32.2. The second kappa shape index (κ2) is 7.60. The highest BCUT2D eigenvalue weighted by Crippen LogP contribution is 2.44. The highest BCUT2D eigenvalue weighted by Gasteiger charge is 2.41. The molecule has 0 unspecified atom stereocenters. The van der Waals surface area contributed by atoms with Crippen LogP contribution in [0.1, 0.15) is 46.5 Å². The SMILES string of the molecule is CCNC(=NCC1(CCOC)CCC1)N1CCS(=O)(=O)C(C)(C)C1. The van der Waals surface area contributed by atoms with Crippen LogP contribution >= 0.6 is 0 Å². The number of hydrogen-bond donors (Lipinski definition) is 1. The topological polar surface area (TPSA) is 71.0 Å². The van der Waals surface area contributed by atoms with Gasteiger partial charge in [-0.25, -0.2) is 8.42 Å². The van der Waals surface area contributed by atoms with E-state index in [0.717, 1.165) is 32.1 Å². The summed E-state index contributed by atoms with van der Waals surface area (Å²) in [5.74, 6) is 1.04. The molecule has 1 heterocycles. The first kappa shape index (κ1) is 19.5. The third kappa shape index (κ3) is 4.23.